The van der Waals surface area contributed by atoms with Gasteiger partial charge in [0.25, 0.3) is 0 Å². The Hall–Kier alpha value is -4.05. The van der Waals surface area contributed by atoms with Crippen LogP contribution >= 0.6 is 11.6 Å². The number of benzene rings is 2. The lowest BCUT2D eigenvalue weighted by Crippen LogP contribution is -2.58. The number of rotatable bonds is 5. The van der Waals surface area contributed by atoms with Crippen LogP contribution in [0, 0.1) is 12.7 Å². The summed E-state index contributed by atoms with van der Waals surface area (Å²) in [6, 6.07) is 5.26. The van der Waals surface area contributed by atoms with Gasteiger partial charge in [-0.2, -0.15) is 10.1 Å². The summed E-state index contributed by atoms with van der Waals surface area (Å²) in [6.45, 7) is 11.7. The van der Waals surface area contributed by atoms with E-state index < -0.39 is 5.82 Å². The van der Waals surface area contributed by atoms with Crippen molar-refractivity contribution in [2.75, 3.05) is 23.3 Å². The number of halogens is 2. The van der Waals surface area contributed by atoms with Crippen LogP contribution in [0.3, 0.4) is 0 Å². The van der Waals surface area contributed by atoms with Gasteiger partial charge in [0.15, 0.2) is 5.82 Å². The Morgan fingerprint density at radius 2 is 1.93 bits per heavy atom. The first-order chi connectivity index (χ1) is 19.6. The summed E-state index contributed by atoms with van der Waals surface area (Å²) in [6.07, 6.45) is 3.39. The van der Waals surface area contributed by atoms with Gasteiger partial charge < -0.3 is 9.80 Å². The molecule has 2 aromatic heterocycles. The minimum absolute atomic E-state index is 0.00599. The standard InChI is InChI=1S/C30H31ClFN7O2/c1-6-22(41)38-12-16(4)39(13-15(38)3)29-19-11-20(31)24(26(32)28(19)34-30(35-29)33-17(5)40)23-14(2)7-10-21-25(23)27(37-36-21)18-8-9-18/h6-7,10-11,15-16,18H,1,8-9,12-13H2,2-5H3,(H,36,37)(H,33,34,35,40)/t15-,16+/m1/s1. The first-order valence-corrected chi connectivity index (χ1v) is 14.1. The second kappa shape index (κ2) is 10.1. The number of nitrogens with zero attached hydrogens (tertiary/aromatic N) is 5. The van der Waals surface area contributed by atoms with Gasteiger partial charge in [-0.25, -0.2) is 9.37 Å². The number of hydrogen-bond donors (Lipinski definition) is 2. The zero-order valence-electron chi connectivity index (χ0n) is 23.4. The molecule has 11 heteroatoms. The molecule has 9 nitrogen and oxygen atoms in total. The topological polar surface area (TPSA) is 107 Å². The molecule has 0 unspecified atom stereocenters. The quantitative estimate of drug-likeness (QED) is 0.295. The van der Waals surface area contributed by atoms with E-state index in [-0.39, 0.29) is 45.9 Å². The van der Waals surface area contributed by atoms with Crippen LogP contribution in [0.25, 0.3) is 32.9 Å². The van der Waals surface area contributed by atoms with Crippen LogP contribution in [-0.4, -0.2) is 62.1 Å². The number of fused-ring (bicyclic) bond motifs is 2. The third-order valence-electron chi connectivity index (χ3n) is 8.05. The second-order valence-electron chi connectivity index (χ2n) is 11.1. The van der Waals surface area contributed by atoms with Crippen molar-refractivity contribution < 1.29 is 14.0 Å². The van der Waals surface area contributed by atoms with Crippen molar-refractivity contribution in [2.45, 2.75) is 58.5 Å². The van der Waals surface area contributed by atoms with Crippen LogP contribution in [-0.2, 0) is 9.59 Å². The molecule has 1 saturated heterocycles. The molecule has 2 aromatic carbocycles. The highest BCUT2D eigenvalue weighted by atomic mass is 35.5. The van der Waals surface area contributed by atoms with E-state index in [1.807, 2.05) is 37.8 Å². The lowest BCUT2D eigenvalue weighted by Gasteiger charge is -2.44. The maximum absolute atomic E-state index is 16.8. The molecule has 0 radical (unpaired) electrons. The Balaban J connectivity index is 1.57. The van der Waals surface area contributed by atoms with Gasteiger partial charge >= 0.3 is 0 Å². The van der Waals surface area contributed by atoms with E-state index in [9.17, 15) is 9.59 Å². The Morgan fingerprint density at radius 3 is 2.61 bits per heavy atom. The predicted octanol–water partition coefficient (Wildman–Crippen LogP) is 5.72. The minimum atomic E-state index is -0.595. The van der Waals surface area contributed by atoms with Crippen molar-refractivity contribution in [3.63, 3.8) is 0 Å². The average Bonchev–Trinajstić information content (AvgIpc) is 3.68. The van der Waals surface area contributed by atoms with Gasteiger partial charge in [-0.15, -0.1) is 0 Å². The molecule has 0 bridgehead atoms. The van der Waals surface area contributed by atoms with Crippen LogP contribution in [0.4, 0.5) is 16.2 Å². The van der Waals surface area contributed by atoms with Crippen molar-refractivity contribution in [1.29, 1.82) is 0 Å². The average molecular weight is 576 g/mol. The highest BCUT2D eigenvalue weighted by Crippen LogP contribution is 2.48. The Bertz CT molecular complexity index is 1750. The van der Waals surface area contributed by atoms with E-state index in [2.05, 4.69) is 32.1 Å². The summed E-state index contributed by atoms with van der Waals surface area (Å²) in [4.78, 5) is 37.3. The van der Waals surface area contributed by atoms with Gasteiger partial charge in [0.1, 0.15) is 11.3 Å². The number of aryl methyl sites for hydroxylation is 1. The first kappa shape index (κ1) is 27.1. The van der Waals surface area contributed by atoms with E-state index >= 15 is 4.39 Å². The molecule has 0 spiro atoms. The first-order valence-electron chi connectivity index (χ1n) is 13.7. The highest BCUT2D eigenvalue weighted by molar-refractivity contribution is 6.35. The fraction of sp³-hybridized carbons (Fsp3) is 0.367. The number of piperazine rings is 1. The zero-order valence-corrected chi connectivity index (χ0v) is 24.1. The molecule has 1 saturated carbocycles. The fourth-order valence-corrected chi connectivity index (χ4v) is 6.19. The second-order valence-corrected chi connectivity index (χ2v) is 11.5. The largest absolute Gasteiger partial charge is 0.349 e. The van der Waals surface area contributed by atoms with Crippen LogP contribution < -0.4 is 10.2 Å². The number of H-pyrrole nitrogens is 1. The van der Waals surface area contributed by atoms with E-state index in [0.29, 0.717) is 35.8 Å². The summed E-state index contributed by atoms with van der Waals surface area (Å²) in [5.41, 5.74) is 3.58. The van der Waals surface area contributed by atoms with E-state index in [1.54, 1.807) is 11.0 Å². The van der Waals surface area contributed by atoms with Crippen LogP contribution in [0.15, 0.2) is 30.9 Å². The normalized spacial score (nSPS) is 19.2. The Morgan fingerprint density at radius 1 is 1.17 bits per heavy atom. The molecular formula is C30H31ClFN7O2. The van der Waals surface area contributed by atoms with Gasteiger partial charge in [-0.3, -0.25) is 20.0 Å². The van der Waals surface area contributed by atoms with Crippen molar-refractivity contribution >= 4 is 57.0 Å². The van der Waals surface area contributed by atoms with Gasteiger partial charge in [0.2, 0.25) is 17.8 Å². The highest BCUT2D eigenvalue weighted by Gasteiger charge is 2.35. The smallest absolute Gasteiger partial charge is 0.246 e. The van der Waals surface area contributed by atoms with Gasteiger partial charge in [0, 0.05) is 59.9 Å². The molecule has 1 aliphatic heterocycles. The predicted molar refractivity (Wildman–Crippen MR) is 159 cm³/mol. The van der Waals surface area contributed by atoms with Crippen molar-refractivity contribution in [2.24, 2.45) is 0 Å². The minimum Gasteiger partial charge on any atom is -0.349 e. The molecule has 41 heavy (non-hydrogen) atoms. The molecular weight excluding hydrogens is 545 g/mol. The number of carbonyl (C=O) groups is 2. The lowest BCUT2D eigenvalue weighted by molar-refractivity contribution is -0.128. The molecule has 2 fully saturated rings. The monoisotopic (exact) mass is 575 g/mol. The molecule has 2 amide bonds. The third-order valence-corrected chi connectivity index (χ3v) is 8.35. The number of carbonyl (C=O) groups excluding carboxylic acids is 2. The molecule has 3 heterocycles. The third kappa shape index (κ3) is 4.60. The van der Waals surface area contributed by atoms with Crippen molar-refractivity contribution in [1.82, 2.24) is 25.1 Å². The number of aromatic amines is 1. The van der Waals surface area contributed by atoms with Gasteiger partial charge in [-0.05, 0) is 57.4 Å². The van der Waals surface area contributed by atoms with Crippen LogP contribution in [0.5, 0.6) is 0 Å². The van der Waals surface area contributed by atoms with Crippen LogP contribution in [0.2, 0.25) is 5.02 Å². The fourth-order valence-electron chi connectivity index (χ4n) is 5.90. The van der Waals surface area contributed by atoms with E-state index in [1.165, 1.54) is 13.0 Å². The van der Waals surface area contributed by atoms with E-state index in [4.69, 9.17) is 11.6 Å². The van der Waals surface area contributed by atoms with Gasteiger partial charge in [0.05, 0.1) is 16.2 Å². The van der Waals surface area contributed by atoms with Crippen molar-refractivity contribution in [3.05, 3.63) is 53.0 Å². The summed E-state index contributed by atoms with van der Waals surface area (Å²) in [7, 11) is 0. The molecule has 212 valence electrons. The lowest BCUT2D eigenvalue weighted by atomic mass is 9.93. The Kier molecular flexibility index (Phi) is 6.68. The maximum atomic E-state index is 16.8. The summed E-state index contributed by atoms with van der Waals surface area (Å²) >= 11 is 6.94. The van der Waals surface area contributed by atoms with Crippen LogP contribution in [0.1, 0.15) is 50.8 Å². The van der Waals surface area contributed by atoms with E-state index in [0.717, 1.165) is 35.0 Å². The Labute approximate surface area is 241 Å². The summed E-state index contributed by atoms with van der Waals surface area (Å²) < 4.78 is 16.8. The zero-order chi connectivity index (χ0) is 29.2. The molecule has 6 rings (SSSR count). The molecule has 1 aliphatic carbocycles. The summed E-state index contributed by atoms with van der Waals surface area (Å²) in [5.74, 6) is -0.351. The molecule has 2 N–H and O–H groups in total. The number of aromatic nitrogens is 4. The molecule has 2 aliphatic rings. The van der Waals surface area contributed by atoms with Gasteiger partial charge in [-0.1, -0.05) is 24.2 Å². The summed E-state index contributed by atoms with van der Waals surface area (Å²) in [5, 5.41) is 11.8. The SMILES string of the molecule is C=CC(=O)N1C[C@H](C)N(c2nc(NC(C)=O)nc3c(F)c(-c4c(C)ccc5[nH]nc(C6CC6)c45)c(Cl)cc23)C[C@H]1C. The molecule has 2 atom stereocenters. The maximum Gasteiger partial charge on any atom is 0.246 e. The number of anilines is 2. The molecule has 4 aromatic rings. The number of amides is 2. The number of hydrogen-bond acceptors (Lipinski definition) is 6. The van der Waals surface area contributed by atoms with Crippen molar-refractivity contribution in [3.8, 4) is 11.1 Å². The number of nitrogens with one attached hydrogen (secondary N) is 2.